The minimum Gasteiger partial charge on any atom is -0.375 e. The average Bonchev–Trinajstić information content (AvgIpc) is 2.71. The number of hydrogen-bond acceptors (Lipinski definition) is 3. The third-order valence-corrected chi connectivity index (χ3v) is 3.24. The molecule has 0 radical (unpaired) electrons. The molecule has 2 N–H and O–H groups in total. The van der Waals surface area contributed by atoms with E-state index in [1.807, 2.05) is 17.1 Å². The van der Waals surface area contributed by atoms with Crippen LogP contribution in [0.2, 0.25) is 0 Å². The van der Waals surface area contributed by atoms with Crippen molar-refractivity contribution in [2.24, 2.45) is 5.73 Å². The lowest BCUT2D eigenvalue weighted by Crippen LogP contribution is -2.36. The number of nitrogens with two attached hydrogens (primary N) is 1. The van der Waals surface area contributed by atoms with Crippen LogP contribution in [-0.4, -0.2) is 28.3 Å². The molecular formula is C12H21N3O. The summed E-state index contributed by atoms with van der Waals surface area (Å²) >= 11 is 0. The maximum absolute atomic E-state index is 6.09. The molecule has 1 heterocycles. The highest BCUT2D eigenvalue weighted by Crippen LogP contribution is 2.19. The van der Waals surface area contributed by atoms with Gasteiger partial charge in [-0.05, 0) is 12.8 Å². The summed E-state index contributed by atoms with van der Waals surface area (Å²) < 4.78 is 7.90. The van der Waals surface area contributed by atoms with Crippen molar-refractivity contribution in [1.82, 2.24) is 9.55 Å². The number of aromatic nitrogens is 2. The van der Waals surface area contributed by atoms with Gasteiger partial charge in [-0.2, -0.15) is 0 Å². The topological polar surface area (TPSA) is 53.1 Å². The van der Waals surface area contributed by atoms with Gasteiger partial charge in [0.2, 0.25) is 0 Å². The molecular weight excluding hydrogens is 202 g/mol. The first-order valence-corrected chi connectivity index (χ1v) is 6.19. The van der Waals surface area contributed by atoms with Crippen LogP contribution in [0.5, 0.6) is 0 Å². The molecule has 2 unspecified atom stereocenters. The summed E-state index contributed by atoms with van der Waals surface area (Å²) in [6.45, 7) is 1.60. The number of imidazole rings is 1. The highest BCUT2D eigenvalue weighted by Gasteiger charge is 2.20. The van der Waals surface area contributed by atoms with Gasteiger partial charge in [0.25, 0.3) is 0 Å². The lowest BCUT2D eigenvalue weighted by Gasteiger charge is -2.21. The fourth-order valence-electron chi connectivity index (χ4n) is 2.24. The number of ether oxygens (including phenoxy) is 1. The summed E-state index contributed by atoms with van der Waals surface area (Å²) in [6, 6.07) is 0.227. The fourth-order valence-corrected chi connectivity index (χ4v) is 2.24. The van der Waals surface area contributed by atoms with Crippen LogP contribution < -0.4 is 5.73 Å². The van der Waals surface area contributed by atoms with Gasteiger partial charge in [-0.25, -0.2) is 4.98 Å². The minimum absolute atomic E-state index is 0.227. The van der Waals surface area contributed by atoms with Crippen LogP contribution in [0.1, 0.15) is 32.1 Å². The molecule has 0 bridgehead atoms. The quantitative estimate of drug-likeness (QED) is 0.788. The fraction of sp³-hybridized carbons (Fsp3) is 0.750. The summed E-state index contributed by atoms with van der Waals surface area (Å²) in [5, 5.41) is 0. The largest absolute Gasteiger partial charge is 0.375 e. The van der Waals surface area contributed by atoms with E-state index >= 15 is 0 Å². The Kier molecular flexibility index (Phi) is 4.36. The van der Waals surface area contributed by atoms with Crippen molar-refractivity contribution >= 4 is 0 Å². The second kappa shape index (κ2) is 6.01. The molecule has 0 amide bonds. The zero-order valence-corrected chi connectivity index (χ0v) is 9.72. The Hall–Kier alpha value is -0.870. The number of rotatable bonds is 4. The maximum atomic E-state index is 6.09. The summed E-state index contributed by atoms with van der Waals surface area (Å²) in [7, 11) is 0. The van der Waals surface area contributed by atoms with Crippen molar-refractivity contribution < 1.29 is 4.74 Å². The minimum atomic E-state index is 0.227. The summed E-state index contributed by atoms with van der Waals surface area (Å²) in [6.07, 6.45) is 11.8. The average molecular weight is 223 g/mol. The number of hydrogen-bond donors (Lipinski definition) is 1. The highest BCUT2D eigenvalue weighted by atomic mass is 16.5. The first-order valence-electron chi connectivity index (χ1n) is 6.19. The van der Waals surface area contributed by atoms with E-state index in [4.69, 9.17) is 10.5 Å². The van der Waals surface area contributed by atoms with Crippen molar-refractivity contribution in [1.29, 1.82) is 0 Å². The normalized spacial score (nSPS) is 26.6. The molecule has 4 heteroatoms. The predicted molar refractivity (Wildman–Crippen MR) is 63.0 cm³/mol. The second-order valence-corrected chi connectivity index (χ2v) is 4.51. The summed E-state index contributed by atoms with van der Waals surface area (Å²) in [5.41, 5.74) is 6.09. The van der Waals surface area contributed by atoms with E-state index in [1.165, 1.54) is 19.3 Å². The molecule has 2 atom stereocenters. The summed E-state index contributed by atoms with van der Waals surface area (Å²) in [4.78, 5) is 4.00. The van der Waals surface area contributed by atoms with E-state index in [1.54, 1.807) is 6.20 Å². The molecule has 1 aromatic rings. The van der Waals surface area contributed by atoms with Crippen LogP contribution in [0.15, 0.2) is 18.7 Å². The third kappa shape index (κ3) is 3.32. The molecule has 1 aliphatic carbocycles. The molecule has 0 saturated heterocycles. The van der Waals surface area contributed by atoms with Gasteiger partial charge in [0, 0.05) is 25.0 Å². The lowest BCUT2D eigenvalue weighted by molar-refractivity contribution is 0.0267. The third-order valence-electron chi connectivity index (χ3n) is 3.24. The van der Waals surface area contributed by atoms with Gasteiger partial charge < -0.3 is 15.0 Å². The van der Waals surface area contributed by atoms with Crippen LogP contribution in [0, 0.1) is 0 Å². The van der Waals surface area contributed by atoms with E-state index < -0.39 is 0 Å². The lowest BCUT2D eigenvalue weighted by atomic mass is 10.1. The highest BCUT2D eigenvalue weighted by molar-refractivity contribution is 4.77. The van der Waals surface area contributed by atoms with Crippen molar-refractivity contribution in [2.75, 3.05) is 6.61 Å². The Balaban J connectivity index is 1.71. The first kappa shape index (κ1) is 11.6. The monoisotopic (exact) mass is 223 g/mol. The van der Waals surface area contributed by atoms with Gasteiger partial charge in [-0.1, -0.05) is 19.3 Å². The van der Waals surface area contributed by atoms with Crippen molar-refractivity contribution in [3.8, 4) is 0 Å². The Morgan fingerprint density at radius 3 is 3.00 bits per heavy atom. The van der Waals surface area contributed by atoms with Crippen LogP contribution in [0.3, 0.4) is 0 Å². The van der Waals surface area contributed by atoms with Gasteiger partial charge in [-0.3, -0.25) is 0 Å². The van der Waals surface area contributed by atoms with Crippen LogP contribution in [0.4, 0.5) is 0 Å². The first-order chi connectivity index (χ1) is 7.86. The van der Waals surface area contributed by atoms with Gasteiger partial charge >= 0.3 is 0 Å². The zero-order valence-electron chi connectivity index (χ0n) is 9.72. The van der Waals surface area contributed by atoms with Crippen LogP contribution in [-0.2, 0) is 11.3 Å². The Morgan fingerprint density at radius 1 is 1.31 bits per heavy atom. The molecule has 90 valence electrons. The molecule has 1 aliphatic rings. The summed E-state index contributed by atoms with van der Waals surface area (Å²) in [5.74, 6) is 0. The molecule has 0 spiro atoms. The van der Waals surface area contributed by atoms with Gasteiger partial charge in [0.15, 0.2) is 0 Å². The zero-order chi connectivity index (χ0) is 11.2. The van der Waals surface area contributed by atoms with E-state index in [9.17, 15) is 0 Å². The van der Waals surface area contributed by atoms with Crippen molar-refractivity contribution in [2.45, 2.75) is 50.8 Å². The van der Waals surface area contributed by atoms with E-state index in [0.717, 1.165) is 26.0 Å². The Morgan fingerprint density at radius 2 is 2.19 bits per heavy atom. The Labute approximate surface area is 96.8 Å². The molecule has 16 heavy (non-hydrogen) atoms. The maximum Gasteiger partial charge on any atom is 0.0946 e. The van der Waals surface area contributed by atoms with E-state index in [-0.39, 0.29) is 12.1 Å². The second-order valence-electron chi connectivity index (χ2n) is 4.51. The Bertz CT molecular complexity index is 286. The predicted octanol–water partition coefficient (Wildman–Crippen LogP) is 1.56. The number of nitrogens with zero attached hydrogens (tertiary/aromatic N) is 2. The molecule has 1 saturated carbocycles. The molecule has 4 nitrogen and oxygen atoms in total. The van der Waals surface area contributed by atoms with Gasteiger partial charge in [-0.15, -0.1) is 0 Å². The molecule has 1 fully saturated rings. The molecule has 1 aromatic heterocycles. The van der Waals surface area contributed by atoms with Crippen LogP contribution >= 0.6 is 0 Å². The molecule has 0 aliphatic heterocycles. The van der Waals surface area contributed by atoms with Crippen molar-refractivity contribution in [3.05, 3.63) is 18.7 Å². The smallest absolute Gasteiger partial charge is 0.0946 e. The molecule has 0 aromatic carbocycles. The van der Waals surface area contributed by atoms with E-state index in [2.05, 4.69) is 4.98 Å². The van der Waals surface area contributed by atoms with Gasteiger partial charge in [0.05, 0.1) is 19.0 Å². The van der Waals surface area contributed by atoms with Crippen molar-refractivity contribution in [3.63, 3.8) is 0 Å². The standard InChI is InChI=1S/C12H21N3O/c13-11-4-2-1-3-5-12(11)16-9-8-15-7-6-14-10-15/h6-7,10-12H,1-5,8-9,13H2. The molecule has 2 rings (SSSR count). The SMILES string of the molecule is NC1CCCCCC1OCCn1ccnc1. The van der Waals surface area contributed by atoms with Gasteiger partial charge in [0.1, 0.15) is 0 Å². The van der Waals surface area contributed by atoms with E-state index in [0.29, 0.717) is 0 Å². The van der Waals surface area contributed by atoms with Crippen LogP contribution in [0.25, 0.3) is 0 Å².